The highest BCUT2D eigenvalue weighted by molar-refractivity contribution is 7.89. The second-order valence-electron chi connectivity index (χ2n) is 6.98. The summed E-state index contributed by atoms with van der Waals surface area (Å²) in [7, 11) is -0.897. The fourth-order valence-corrected chi connectivity index (χ4v) is 5.27. The number of carbonyl (C=O) groups excluding carboxylic acids is 1. The Hall–Kier alpha value is -2.78. The summed E-state index contributed by atoms with van der Waals surface area (Å²) < 4.78 is 26.0. The van der Waals surface area contributed by atoms with Gasteiger partial charge in [0.25, 0.3) is 5.91 Å². The van der Waals surface area contributed by atoms with E-state index in [0.717, 1.165) is 25.6 Å². The van der Waals surface area contributed by atoms with Crippen LogP contribution in [0.2, 0.25) is 5.02 Å². The molecule has 0 aliphatic rings. The summed E-state index contributed by atoms with van der Waals surface area (Å²) in [5.41, 5.74) is 2.35. The zero-order valence-electron chi connectivity index (χ0n) is 16.7. The van der Waals surface area contributed by atoms with Crippen molar-refractivity contribution >= 4 is 54.8 Å². The highest BCUT2D eigenvalue weighted by Gasteiger charge is 2.22. The molecule has 0 radical (unpaired) electrons. The predicted octanol–water partition coefficient (Wildman–Crippen LogP) is 5.12. The first-order chi connectivity index (χ1) is 14.8. The third kappa shape index (κ3) is 4.33. The summed E-state index contributed by atoms with van der Waals surface area (Å²) in [5.74, 6) is -0.347. The first kappa shape index (κ1) is 21.5. The Morgan fingerprint density at radius 2 is 1.77 bits per heavy atom. The molecule has 31 heavy (non-hydrogen) atoms. The van der Waals surface area contributed by atoms with Crippen LogP contribution in [0.4, 0.5) is 5.69 Å². The Labute approximate surface area is 189 Å². The molecular formula is C22H18ClN3O3S2. The van der Waals surface area contributed by atoms with Crippen LogP contribution in [0, 0.1) is 0 Å². The van der Waals surface area contributed by atoms with E-state index in [9.17, 15) is 13.2 Å². The predicted molar refractivity (Wildman–Crippen MR) is 125 cm³/mol. The first-order valence-electron chi connectivity index (χ1n) is 9.24. The molecule has 4 rings (SSSR count). The molecule has 2 heterocycles. The maximum atomic E-state index is 12.8. The number of hydrogen-bond donors (Lipinski definition) is 1. The van der Waals surface area contributed by atoms with Crippen molar-refractivity contribution in [2.24, 2.45) is 0 Å². The first-order valence-corrected chi connectivity index (χ1v) is 11.9. The number of nitrogens with zero attached hydrogens (tertiary/aromatic N) is 2. The minimum Gasteiger partial charge on any atom is -0.321 e. The van der Waals surface area contributed by atoms with Gasteiger partial charge in [0.05, 0.1) is 9.90 Å². The van der Waals surface area contributed by atoms with Gasteiger partial charge in [0.2, 0.25) is 10.0 Å². The molecule has 1 N–H and O–H groups in total. The molecular weight excluding hydrogens is 454 g/mol. The average Bonchev–Trinajstić information content (AvgIpc) is 3.19. The van der Waals surface area contributed by atoms with Gasteiger partial charge < -0.3 is 5.32 Å². The Morgan fingerprint density at radius 1 is 1.03 bits per heavy atom. The largest absolute Gasteiger partial charge is 0.321 e. The topological polar surface area (TPSA) is 79.4 Å². The van der Waals surface area contributed by atoms with Crippen LogP contribution in [0.5, 0.6) is 0 Å². The second kappa shape index (κ2) is 8.39. The highest BCUT2D eigenvalue weighted by Crippen LogP contribution is 2.30. The van der Waals surface area contributed by atoms with Gasteiger partial charge in [-0.1, -0.05) is 41.9 Å². The number of amides is 1. The SMILES string of the molecule is CN(C)S(=O)(=O)c1cc(NC(=O)c2cc3cc(-c4ccccc4)cnc3s2)ccc1Cl. The van der Waals surface area contributed by atoms with Crippen molar-refractivity contribution in [3.63, 3.8) is 0 Å². The number of anilines is 1. The van der Waals surface area contributed by atoms with Gasteiger partial charge in [0.1, 0.15) is 9.73 Å². The molecule has 0 aliphatic heterocycles. The van der Waals surface area contributed by atoms with Crippen LogP contribution >= 0.6 is 22.9 Å². The van der Waals surface area contributed by atoms with Gasteiger partial charge in [0.15, 0.2) is 0 Å². The Bertz CT molecular complexity index is 1380. The van der Waals surface area contributed by atoms with Crippen LogP contribution in [0.1, 0.15) is 9.67 Å². The molecule has 0 fully saturated rings. The van der Waals surface area contributed by atoms with E-state index in [4.69, 9.17) is 11.6 Å². The number of halogens is 1. The maximum absolute atomic E-state index is 12.8. The van der Waals surface area contributed by atoms with E-state index in [1.54, 1.807) is 18.3 Å². The highest BCUT2D eigenvalue weighted by atomic mass is 35.5. The normalized spacial score (nSPS) is 11.7. The second-order valence-corrected chi connectivity index (χ2v) is 10.5. The fraction of sp³-hybridized carbons (Fsp3) is 0.0909. The monoisotopic (exact) mass is 471 g/mol. The lowest BCUT2D eigenvalue weighted by Gasteiger charge is -2.14. The van der Waals surface area contributed by atoms with E-state index in [0.29, 0.717) is 10.6 Å². The molecule has 2 aromatic carbocycles. The number of benzene rings is 2. The van der Waals surface area contributed by atoms with E-state index in [2.05, 4.69) is 10.3 Å². The standard InChI is InChI=1S/C22H18ClN3O3S2/c1-26(2)31(28,29)20-12-17(8-9-18(20)23)25-21(27)19-11-15-10-16(13-24-22(15)30-19)14-6-4-3-5-7-14/h3-13H,1-2H3,(H,25,27). The van der Waals surface area contributed by atoms with E-state index in [1.165, 1.54) is 37.6 Å². The number of fused-ring (bicyclic) bond motifs is 1. The molecule has 0 aliphatic carbocycles. The van der Waals surface area contributed by atoms with Crippen LogP contribution in [0.15, 0.2) is 71.8 Å². The quantitative estimate of drug-likeness (QED) is 0.438. The number of aromatic nitrogens is 1. The molecule has 158 valence electrons. The van der Waals surface area contributed by atoms with Crippen LogP contribution in [0.25, 0.3) is 21.3 Å². The van der Waals surface area contributed by atoms with Crippen LogP contribution in [-0.2, 0) is 10.0 Å². The summed E-state index contributed by atoms with van der Waals surface area (Å²) in [6.45, 7) is 0. The average molecular weight is 472 g/mol. The Morgan fingerprint density at radius 3 is 2.48 bits per heavy atom. The molecule has 9 heteroatoms. The molecule has 4 aromatic rings. The van der Waals surface area contributed by atoms with Crippen molar-refractivity contribution < 1.29 is 13.2 Å². The van der Waals surface area contributed by atoms with Crippen molar-refractivity contribution in [1.82, 2.24) is 9.29 Å². The third-order valence-electron chi connectivity index (χ3n) is 4.65. The van der Waals surface area contributed by atoms with E-state index in [-0.39, 0.29) is 15.8 Å². The van der Waals surface area contributed by atoms with Gasteiger partial charge in [-0.05, 0) is 35.9 Å². The van der Waals surface area contributed by atoms with Crippen molar-refractivity contribution in [1.29, 1.82) is 0 Å². The molecule has 0 saturated heterocycles. The molecule has 6 nitrogen and oxygen atoms in total. The Balaban J connectivity index is 1.62. The molecule has 0 bridgehead atoms. The molecule has 1 amide bonds. The molecule has 0 atom stereocenters. The lowest BCUT2D eigenvalue weighted by atomic mass is 10.1. The summed E-state index contributed by atoms with van der Waals surface area (Å²) in [5, 5.41) is 3.70. The summed E-state index contributed by atoms with van der Waals surface area (Å²) in [4.78, 5) is 18.4. The lowest BCUT2D eigenvalue weighted by molar-refractivity contribution is 0.103. The Kier molecular flexibility index (Phi) is 5.81. The molecule has 0 spiro atoms. The number of hydrogen-bond acceptors (Lipinski definition) is 5. The number of sulfonamides is 1. The fourth-order valence-electron chi connectivity index (χ4n) is 3.00. The van der Waals surface area contributed by atoms with E-state index in [1.807, 2.05) is 36.4 Å². The molecule has 2 aromatic heterocycles. The number of nitrogens with one attached hydrogen (secondary N) is 1. The minimum absolute atomic E-state index is 0.0672. The molecule has 0 saturated carbocycles. The van der Waals surface area contributed by atoms with Gasteiger partial charge in [-0.3, -0.25) is 4.79 Å². The number of pyridine rings is 1. The van der Waals surface area contributed by atoms with Crippen molar-refractivity contribution in [3.8, 4) is 11.1 Å². The summed E-state index contributed by atoms with van der Waals surface area (Å²) in [6, 6.07) is 18.0. The van der Waals surface area contributed by atoms with Crippen LogP contribution < -0.4 is 5.32 Å². The van der Waals surface area contributed by atoms with Gasteiger partial charge in [-0.25, -0.2) is 17.7 Å². The summed E-state index contributed by atoms with van der Waals surface area (Å²) >= 11 is 7.34. The summed E-state index contributed by atoms with van der Waals surface area (Å²) in [6.07, 6.45) is 1.79. The van der Waals surface area contributed by atoms with E-state index >= 15 is 0 Å². The number of rotatable bonds is 5. The smallest absolute Gasteiger partial charge is 0.265 e. The van der Waals surface area contributed by atoms with E-state index < -0.39 is 10.0 Å². The van der Waals surface area contributed by atoms with Gasteiger partial charge in [-0.15, -0.1) is 11.3 Å². The van der Waals surface area contributed by atoms with Crippen LogP contribution in [0.3, 0.4) is 0 Å². The van der Waals surface area contributed by atoms with Crippen molar-refractivity contribution in [3.05, 3.63) is 76.8 Å². The lowest BCUT2D eigenvalue weighted by Crippen LogP contribution is -2.22. The van der Waals surface area contributed by atoms with Gasteiger partial charge in [0, 0.05) is 36.9 Å². The van der Waals surface area contributed by atoms with Crippen molar-refractivity contribution in [2.45, 2.75) is 4.90 Å². The number of thiophene rings is 1. The molecule has 0 unspecified atom stereocenters. The van der Waals surface area contributed by atoms with Crippen molar-refractivity contribution in [2.75, 3.05) is 19.4 Å². The third-order valence-corrected chi connectivity index (χ3v) is 8.00. The van der Waals surface area contributed by atoms with Gasteiger partial charge in [-0.2, -0.15) is 0 Å². The van der Waals surface area contributed by atoms with Crippen LogP contribution in [-0.4, -0.2) is 37.7 Å². The number of carbonyl (C=O) groups is 1. The van der Waals surface area contributed by atoms with Gasteiger partial charge >= 0.3 is 0 Å². The zero-order valence-corrected chi connectivity index (χ0v) is 19.1. The zero-order chi connectivity index (χ0) is 22.2. The minimum atomic E-state index is -3.74. The maximum Gasteiger partial charge on any atom is 0.265 e.